The SMILES string of the molecule is CN(Cc1ccccc1)c1c(F)cc(C#N)cc1F. The first-order valence-electron chi connectivity index (χ1n) is 5.76. The number of benzene rings is 2. The molecule has 0 amide bonds. The van der Waals surface area contributed by atoms with E-state index < -0.39 is 11.6 Å². The molecule has 0 fully saturated rings. The third-order valence-electron chi connectivity index (χ3n) is 2.79. The summed E-state index contributed by atoms with van der Waals surface area (Å²) in [5.74, 6) is -1.45. The summed E-state index contributed by atoms with van der Waals surface area (Å²) in [5, 5.41) is 8.65. The van der Waals surface area contributed by atoms with Crippen LogP contribution in [0.25, 0.3) is 0 Å². The first-order chi connectivity index (χ1) is 9.11. The van der Waals surface area contributed by atoms with E-state index in [0.717, 1.165) is 17.7 Å². The maximum Gasteiger partial charge on any atom is 0.150 e. The zero-order valence-corrected chi connectivity index (χ0v) is 10.4. The molecule has 0 N–H and O–H groups in total. The molecule has 19 heavy (non-hydrogen) atoms. The van der Waals surface area contributed by atoms with Crippen molar-refractivity contribution >= 4 is 5.69 Å². The molecule has 0 spiro atoms. The van der Waals surface area contributed by atoms with Crippen LogP contribution in [0.15, 0.2) is 42.5 Å². The second-order valence-corrected chi connectivity index (χ2v) is 4.24. The van der Waals surface area contributed by atoms with Crippen LogP contribution in [0.4, 0.5) is 14.5 Å². The van der Waals surface area contributed by atoms with Gasteiger partial charge in [0.2, 0.25) is 0 Å². The first kappa shape index (κ1) is 13.0. The van der Waals surface area contributed by atoms with E-state index in [1.54, 1.807) is 13.1 Å². The molecule has 0 aromatic heterocycles. The summed E-state index contributed by atoms with van der Waals surface area (Å²) in [6.45, 7) is 0.389. The van der Waals surface area contributed by atoms with Gasteiger partial charge in [-0.05, 0) is 17.7 Å². The highest BCUT2D eigenvalue weighted by atomic mass is 19.1. The normalized spacial score (nSPS) is 10.0. The zero-order chi connectivity index (χ0) is 13.8. The fourth-order valence-electron chi connectivity index (χ4n) is 1.93. The minimum atomic E-state index is -0.727. The minimum absolute atomic E-state index is 0.0214. The number of hydrogen-bond donors (Lipinski definition) is 0. The van der Waals surface area contributed by atoms with Gasteiger partial charge in [0, 0.05) is 13.6 Å². The Labute approximate surface area is 110 Å². The molecule has 0 atom stereocenters. The maximum absolute atomic E-state index is 13.8. The Hall–Kier alpha value is -2.41. The van der Waals surface area contributed by atoms with Crippen LogP contribution in [0, 0.1) is 23.0 Å². The summed E-state index contributed by atoms with van der Waals surface area (Å²) in [4.78, 5) is 1.49. The highest BCUT2D eigenvalue weighted by Crippen LogP contribution is 2.25. The van der Waals surface area contributed by atoms with Gasteiger partial charge in [0.15, 0.2) is 11.6 Å². The van der Waals surface area contributed by atoms with E-state index in [1.807, 2.05) is 30.3 Å². The maximum atomic E-state index is 13.8. The molecule has 0 heterocycles. The van der Waals surface area contributed by atoms with Crippen LogP contribution in [-0.4, -0.2) is 7.05 Å². The van der Waals surface area contributed by atoms with Gasteiger partial charge in [-0.2, -0.15) is 5.26 Å². The Morgan fingerprint density at radius 3 is 2.21 bits per heavy atom. The van der Waals surface area contributed by atoms with Gasteiger partial charge in [-0.1, -0.05) is 30.3 Å². The molecule has 0 aliphatic rings. The van der Waals surface area contributed by atoms with Gasteiger partial charge in [0.05, 0.1) is 11.6 Å². The van der Waals surface area contributed by atoms with E-state index in [1.165, 1.54) is 4.90 Å². The standard InChI is InChI=1S/C15H12F2N2/c1-19(10-11-5-3-2-4-6-11)15-13(16)7-12(9-18)8-14(15)17/h2-8H,10H2,1H3. The predicted octanol–water partition coefficient (Wildman–Crippen LogP) is 3.47. The third-order valence-corrected chi connectivity index (χ3v) is 2.79. The van der Waals surface area contributed by atoms with Crippen molar-refractivity contribution in [2.24, 2.45) is 0 Å². The minimum Gasteiger partial charge on any atom is -0.366 e. The number of halogens is 2. The number of rotatable bonds is 3. The van der Waals surface area contributed by atoms with Crippen LogP contribution < -0.4 is 4.90 Å². The largest absolute Gasteiger partial charge is 0.366 e. The van der Waals surface area contributed by atoms with Crippen molar-refractivity contribution in [2.45, 2.75) is 6.54 Å². The molecule has 0 saturated carbocycles. The smallest absolute Gasteiger partial charge is 0.150 e. The summed E-state index contributed by atoms with van der Waals surface area (Å²) < 4.78 is 27.6. The molecule has 0 aliphatic heterocycles. The average molecular weight is 258 g/mol. The van der Waals surface area contributed by atoms with Gasteiger partial charge >= 0.3 is 0 Å². The quantitative estimate of drug-likeness (QED) is 0.842. The molecule has 4 heteroatoms. The predicted molar refractivity (Wildman–Crippen MR) is 69.6 cm³/mol. The van der Waals surface area contributed by atoms with Crippen molar-refractivity contribution in [1.82, 2.24) is 0 Å². The fraction of sp³-hybridized carbons (Fsp3) is 0.133. The van der Waals surface area contributed by atoms with E-state index in [2.05, 4.69) is 0 Å². The number of anilines is 1. The van der Waals surface area contributed by atoms with Crippen LogP contribution >= 0.6 is 0 Å². The molecule has 2 aromatic rings. The monoisotopic (exact) mass is 258 g/mol. The lowest BCUT2D eigenvalue weighted by atomic mass is 10.1. The van der Waals surface area contributed by atoms with E-state index >= 15 is 0 Å². The lowest BCUT2D eigenvalue weighted by Crippen LogP contribution is -2.19. The summed E-state index contributed by atoms with van der Waals surface area (Å²) >= 11 is 0. The summed E-state index contributed by atoms with van der Waals surface area (Å²) in [6, 6.07) is 13.2. The van der Waals surface area contributed by atoms with Gasteiger partial charge in [-0.15, -0.1) is 0 Å². The first-order valence-corrected chi connectivity index (χ1v) is 5.76. The lowest BCUT2D eigenvalue weighted by Gasteiger charge is -2.20. The Balaban J connectivity index is 2.30. The molecule has 2 rings (SSSR count). The molecule has 0 radical (unpaired) electrons. The van der Waals surface area contributed by atoms with Crippen molar-refractivity contribution in [3.05, 3.63) is 65.2 Å². The third kappa shape index (κ3) is 2.89. The molecule has 0 saturated heterocycles. The van der Waals surface area contributed by atoms with E-state index in [4.69, 9.17) is 5.26 Å². The van der Waals surface area contributed by atoms with Crippen molar-refractivity contribution in [1.29, 1.82) is 5.26 Å². The van der Waals surface area contributed by atoms with Crippen LogP contribution in [0.1, 0.15) is 11.1 Å². The Kier molecular flexibility index (Phi) is 3.76. The molecule has 2 nitrogen and oxygen atoms in total. The molecule has 0 aliphatic carbocycles. The van der Waals surface area contributed by atoms with Crippen molar-refractivity contribution in [2.75, 3.05) is 11.9 Å². The second kappa shape index (κ2) is 5.49. The molecule has 2 aromatic carbocycles. The number of nitriles is 1. The van der Waals surface area contributed by atoms with Gasteiger partial charge in [0.1, 0.15) is 5.69 Å². The Morgan fingerprint density at radius 2 is 1.68 bits per heavy atom. The van der Waals surface area contributed by atoms with Crippen LogP contribution in [0.2, 0.25) is 0 Å². The van der Waals surface area contributed by atoms with Crippen LogP contribution in [0.5, 0.6) is 0 Å². The Bertz CT molecular complexity index is 595. The molecule has 0 unspecified atom stereocenters. The van der Waals surface area contributed by atoms with Gasteiger partial charge < -0.3 is 4.90 Å². The van der Waals surface area contributed by atoms with Gasteiger partial charge in [0.25, 0.3) is 0 Å². The summed E-state index contributed by atoms with van der Waals surface area (Å²) in [6.07, 6.45) is 0. The van der Waals surface area contributed by atoms with E-state index in [9.17, 15) is 8.78 Å². The van der Waals surface area contributed by atoms with Crippen molar-refractivity contribution < 1.29 is 8.78 Å². The van der Waals surface area contributed by atoms with Gasteiger partial charge in [-0.3, -0.25) is 0 Å². The molecular weight excluding hydrogens is 246 g/mol. The summed E-state index contributed by atoms with van der Waals surface area (Å²) in [7, 11) is 1.61. The average Bonchev–Trinajstić information content (AvgIpc) is 2.38. The lowest BCUT2D eigenvalue weighted by molar-refractivity contribution is 0.576. The van der Waals surface area contributed by atoms with Crippen LogP contribution in [0.3, 0.4) is 0 Å². The topological polar surface area (TPSA) is 27.0 Å². The fourth-order valence-corrected chi connectivity index (χ4v) is 1.93. The highest BCUT2D eigenvalue weighted by Gasteiger charge is 2.15. The van der Waals surface area contributed by atoms with Crippen LogP contribution in [-0.2, 0) is 6.54 Å². The van der Waals surface area contributed by atoms with Crippen molar-refractivity contribution in [3.63, 3.8) is 0 Å². The van der Waals surface area contributed by atoms with Gasteiger partial charge in [-0.25, -0.2) is 8.78 Å². The van der Waals surface area contributed by atoms with E-state index in [-0.39, 0.29) is 11.3 Å². The summed E-state index contributed by atoms with van der Waals surface area (Å²) in [5.41, 5.74) is 0.808. The molecule has 96 valence electrons. The second-order valence-electron chi connectivity index (χ2n) is 4.24. The Morgan fingerprint density at radius 1 is 1.11 bits per heavy atom. The molecular formula is C15H12F2N2. The number of hydrogen-bond acceptors (Lipinski definition) is 2. The van der Waals surface area contributed by atoms with E-state index in [0.29, 0.717) is 6.54 Å². The van der Waals surface area contributed by atoms with Crippen molar-refractivity contribution in [3.8, 4) is 6.07 Å². The number of nitrogens with zero attached hydrogens (tertiary/aromatic N) is 2. The molecule has 0 bridgehead atoms. The highest BCUT2D eigenvalue weighted by molar-refractivity contribution is 5.52. The zero-order valence-electron chi connectivity index (χ0n) is 10.4.